The third kappa shape index (κ3) is 4.70. The van der Waals surface area contributed by atoms with Crippen molar-refractivity contribution in [2.24, 2.45) is 0 Å². The molecule has 0 N–H and O–H groups in total. The molecule has 0 spiro atoms. The van der Waals surface area contributed by atoms with Crippen molar-refractivity contribution in [2.75, 3.05) is 5.75 Å². The number of carbonyl (C=O) groups excluding carboxylic acids is 1. The molecule has 2 aromatic carbocycles. The maximum atomic E-state index is 14.0. The first-order chi connectivity index (χ1) is 16.8. The Bertz CT molecular complexity index is 1480. The summed E-state index contributed by atoms with van der Waals surface area (Å²) in [5.74, 6) is 0.113. The third-order valence-corrected chi connectivity index (χ3v) is 8.81. The molecule has 0 radical (unpaired) electrons. The summed E-state index contributed by atoms with van der Waals surface area (Å²) in [6, 6.07) is 14.6. The number of nitrogens with zero attached hydrogens (tertiary/aromatic N) is 2. The van der Waals surface area contributed by atoms with Gasteiger partial charge in [-0.05, 0) is 62.2 Å². The quantitative estimate of drug-likeness (QED) is 0.161. The highest BCUT2D eigenvalue weighted by Crippen LogP contribution is 2.39. The Kier molecular flexibility index (Phi) is 6.61. The van der Waals surface area contributed by atoms with E-state index in [4.69, 9.17) is 21.3 Å². The summed E-state index contributed by atoms with van der Waals surface area (Å²) in [6.07, 6.45) is 1.55. The van der Waals surface area contributed by atoms with Crippen molar-refractivity contribution >= 4 is 50.7 Å². The van der Waals surface area contributed by atoms with Crippen LogP contribution in [-0.4, -0.2) is 26.7 Å². The number of carbonyl (C=O) groups is 1. The van der Waals surface area contributed by atoms with E-state index in [1.165, 1.54) is 23.1 Å². The van der Waals surface area contributed by atoms with Crippen LogP contribution >= 0.6 is 34.7 Å². The first kappa shape index (κ1) is 24.3. The smallest absolute Gasteiger partial charge is 0.267 e. The molecule has 35 heavy (non-hydrogen) atoms. The van der Waals surface area contributed by atoms with Crippen molar-refractivity contribution in [3.63, 3.8) is 0 Å². The molecule has 2 aromatic heterocycles. The molecule has 0 saturated carbocycles. The molecule has 0 unspecified atom stereocenters. The lowest BCUT2D eigenvalue weighted by Gasteiger charge is -2.32. The average Bonchev–Trinajstić information content (AvgIpc) is 3.21. The van der Waals surface area contributed by atoms with E-state index in [9.17, 15) is 9.59 Å². The number of thioether (sulfide) groups is 1. The van der Waals surface area contributed by atoms with E-state index >= 15 is 0 Å². The summed E-state index contributed by atoms with van der Waals surface area (Å²) < 4.78 is 7.77. The van der Waals surface area contributed by atoms with E-state index in [0.717, 1.165) is 28.1 Å². The molecule has 4 aromatic rings. The topological polar surface area (TPSA) is 61.2 Å². The molecule has 1 aliphatic heterocycles. The highest BCUT2D eigenvalue weighted by atomic mass is 35.5. The Hall–Kier alpha value is -2.45. The summed E-state index contributed by atoms with van der Waals surface area (Å²) in [5.41, 5.74) is 3.08. The molecule has 5 nitrogen and oxygen atoms in total. The predicted octanol–water partition coefficient (Wildman–Crippen LogP) is 6.63. The third-order valence-electron chi connectivity index (χ3n) is 6.52. The Morgan fingerprint density at radius 2 is 1.91 bits per heavy atom. The van der Waals surface area contributed by atoms with Crippen LogP contribution in [0.2, 0.25) is 5.02 Å². The SMILES string of the molecule is CC[C@]1(C)Cc2c(sc3nc(SCC(=O)c4ccc(Cl)cc4)n(-c4ccc(C)cc4)c(=O)c23)CO1. The van der Waals surface area contributed by atoms with Crippen molar-refractivity contribution in [3.05, 3.63) is 85.5 Å². The number of aryl methyl sites for hydroxylation is 1. The van der Waals surface area contributed by atoms with Crippen LogP contribution in [0.4, 0.5) is 0 Å². The molecule has 0 aliphatic carbocycles. The van der Waals surface area contributed by atoms with Crippen LogP contribution in [0.5, 0.6) is 0 Å². The maximum Gasteiger partial charge on any atom is 0.267 e. The monoisotopic (exact) mass is 524 g/mol. The number of hydrogen-bond donors (Lipinski definition) is 0. The van der Waals surface area contributed by atoms with Crippen molar-refractivity contribution < 1.29 is 9.53 Å². The van der Waals surface area contributed by atoms with Crippen molar-refractivity contribution in [1.82, 2.24) is 9.55 Å². The number of benzene rings is 2. The highest BCUT2D eigenvalue weighted by Gasteiger charge is 2.33. The van der Waals surface area contributed by atoms with Gasteiger partial charge >= 0.3 is 0 Å². The minimum absolute atomic E-state index is 0.0472. The molecule has 0 bridgehead atoms. The lowest BCUT2D eigenvalue weighted by molar-refractivity contribution is -0.0543. The molecular formula is C27H25ClN2O3S2. The van der Waals surface area contributed by atoms with Gasteiger partial charge in [0.15, 0.2) is 10.9 Å². The van der Waals surface area contributed by atoms with Crippen LogP contribution < -0.4 is 5.56 Å². The second-order valence-electron chi connectivity index (χ2n) is 9.04. The molecule has 0 fully saturated rings. The predicted molar refractivity (Wildman–Crippen MR) is 144 cm³/mol. The Morgan fingerprint density at radius 1 is 1.20 bits per heavy atom. The summed E-state index contributed by atoms with van der Waals surface area (Å²) in [4.78, 5) is 33.5. The largest absolute Gasteiger partial charge is 0.369 e. The van der Waals surface area contributed by atoms with Crippen LogP contribution in [0.3, 0.4) is 0 Å². The number of hydrogen-bond acceptors (Lipinski definition) is 6. The van der Waals surface area contributed by atoms with Crippen molar-refractivity contribution in [1.29, 1.82) is 0 Å². The average molecular weight is 525 g/mol. The molecule has 0 amide bonds. The fourth-order valence-electron chi connectivity index (χ4n) is 4.20. The molecule has 8 heteroatoms. The van der Waals surface area contributed by atoms with Crippen LogP contribution in [0.15, 0.2) is 58.5 Å². The zero-order valence-corrected chi connectivity index (χ0v) is 22.1. The summed E-state index contributed by atoms with van der Waals surface area (Å²) >= 11 is 8.75. The Morgan fingerprint density at radius 3 is 2.60 bits per heavy atom. The first-order valence-corrected chi connectivity index (χ1v) is 13.7. The number of aromatic nitrogens is 2. The maximum absolute atomic E-state index is 14.0. The van der Waals surface area contributed by atoms with Gasteiger partial charge in [0.25, 0.3) is 5.56 Å². The minimum atomic E-state index is -0.291. The van der Waals surface area contributed by atoms with Gasteiger partial charge in [0, 0.05) is 21.9 Å². The van der Waals surface area contributed by atoms with Crippen LogP contribution in [0.25, 0.3) is 15.9 Å². The van der Waals surface area contributed by atoms with Crippen LogP contribution in [-0.2, 0) is 17.8 Å². The normalized spacial score (nSPS) is 17.5. The second-order valence-corrected chi connectivity index (χ2v) is 11.5. The van der Waals surface area contributed by atoms with Gasteiger partial charge in [0.2, 0.25) is 0 Å². The number of fused-ring (bicyclic) bond motifs is 3. The fraction of sp³-hybridized carbons (Fsp3) is 0.296. The number of rotatable bonds is 6. The van der Waals surface area contributed by atoms with E-state index in [1.807, 2.05) is 31.2 Å². The molecular weight excluding hydrogens is 500 g/mol. The van der Waals surface area contributed by atoms with Crippen molar-refractivity contribution in [2.45, 2.75) is 51.0 Å². The summed E-state index contributed by atoms with van der Waals surface area (Å²) in [7, 11) is 0. The molecule has 0 saturated heterocycles. The lowest BCUT2D eigenvalue weighted by Crippen LogP contribution is -2.34. The van der Waals surface area contributed by atoms with E-state index in [-0.39, 0.29) is 22.7 Å². The molecule has 1 aliphatic rings. The van der Waals surface area contributed by atoms with Crippen molar-refractivity contribution in [3.8, 4) is 5.69 Å². The Labute approximate surface area is 217 Å². The molecule has 5 rings (SSSR count). The number of halogens is 1. The van der Waals surface area contributed by atoms with Gasteiger partial charge in [-0.15, -0.1) is 11.3 Å². The number of Topliss-reactive ketones (excluding diaryl/α,β-unsaturated/α-hetero) is 1. The van der Waals surface area contributed by atoms with Gasteiger partial charge in [-0.2, -0.15) is 0 Å². The first-order valence-electron chi connectivity index (χ1n) is 11.5. The summed E-state index contributed by atoms with van der Waals surface area (Å²) in [5, 5.41) is 1.76. The van der Waals surface area contributed by atoms with Gasteiger partial charge in [-0.1, -0.05) is 48.0 Å². The van der Waals surface area contributed by atoms with Crippen LogP contribution in [0.1, 0.15) is 46.6 Å². The molecule has 1 atom stereocenters. The van der Waals surface area contributed by atoms with E-state index in [0.29, 0.717) is 39.0 Å². The second kappa shape index (κ2) is 9.54. The fourth-order valence-corrected chi connectivity index (χ4v) is 6.37. The summed E-state index contributed by atoms with van der Waals surface area (Å²) in [6.45, 7) is 6.70. The number of ketones is 1. The number of thiophene rings is 1. The van der Waals surface area contributed by atoms with Gasteiger partial charge in [0.05, 0.1) is 29.0 Å². The minimum Gasteiger partial charge on any atom is -0.369 e. The van der Waals surface area contributed by atoms with E-state index in [2.05, 4.69) is 13.8 Å². The van der Waals surface area contributed by atoms with Gasteiger partial charge in [0.1, 0.15) is 4.83 Å². The molecule has 3 heterocycles. The standard InChI is InChI=1S/C27H25ClN2O3S2/c1-4-27(3)13-20-22(14-33-27)35-24-23(20)25(32)30(19-11-5-16(2)6-12-19)26(29-24)34-15-21(31)17-7-9-18(28)10-8-17/h5-12H,4,13-15H2,1-3H3/t27-/m1/s1. The van der Waals surface area contributed by atoms with Gasteiger partial charge in [-0.25, -0.2) is 4.98 Å². The lowest BCUT2D eigenvalue weighted by atomic mass is 9.90. The van der Waals surface area contributed by atoms with Crippen LogP contribution in [0, 0.1) is 6.92 Å². The zero-order chi connectivity index (χ0) is 24.7. The molecule has 180 valence electrons. The van der Waals surface area contributed by atoms with Gasteiger partial charge < -0.3 is 4.74 Å². The van der Waals surface area contributed by atoms with E-state index < -0.39 is 0 Å². The van der Waals surface area contributed by atoms with E-state index in [1.54, 1.807) is 28.8 Å². The number of ether oxygens (including phenoxy) is 1. The van der Waals surface area contributed by atoms with Gasteiger partial charge in [-0.3, -0.25) is 14.2 Å². The Balaban J connectivity index is 1.60. The highest BCUT2D eigenvalue weighted by molar-refractivity contribution is 7.99. The zero-order valence-electron chi connectivity index (χ0n) is 19.8.